The molecule has 46 heavy (non-hydrogen) atoms. The van der Waals surface area contributed by atoms with Gasteiger partial charge in [-0.1, -0.05) is 97.1 Å². The van der Waals surface area contributed by atoms with Crippen molar-refractivity contribution in [3.63, 3.8) is 0 Å². The van der Waals surface area contributed by atoms with Gasteiger partial charge in [-0.25, -0.2) is 0 Å². The van der Waals surface area contributed by atoms with Gasteiger partial charge in [0, 0.05) is 66.1 Å². The molecule has 3 nitrogen and oxygen atoms in total. The van der Waals surface area contributed by atoms with Gasteiger partial charge in [0.05, 0.1) is 10.4 Å². The number of benzene rings is 7. The van der Waals surface area contributed by atoms with E-state index in [1.807, 2.05) is 35.6 Å². The van der Waals surface area contributed by atoms with E-state index in [0.29, 0.717) is 0 Å². The van der Waals surface area contributed by atoms with Crippen molar-refractivity contribution in [3.8, 4) is 11.1 Å². The third-order valence-electron chi connectivity index (χ3n) is 9.07. The minimum Gasteiger partial charge on any atom is -0.456 e. The number of nitrogens with zero attached hydrogens (tertiary/aromatic N) is 1. The average molecular weight is 608 g/mol. The first-order valence-electron chi connectivity index (χ1n) is 15.4. The average Bonchev–Trinajstić information content (AvgIpc) is 3.79. The zero-order valence-electron chi connectivity index (χ0n) is 24.6. The Morgan fingerprint density at radius 1 is 0.413 bits per heavy atom. The first-order valence-corrected chi connectivity index (χ1v) is 16.2. The molecule has 10 aromatic rings. The van der Waals surface area contributed by atoms with Gasteiger partial charge in [-0.15, -0.1) is 11.3 Å². The Morgan fingerprint density at radius 2 is 0.935 bits per heavy atom. The lowest BCUT2D eigenvalue weighted by atomic mass is 9.99. The smallest absolute Gasteiger partial charge is 0.137 e. The van der Waals surface area contributed by atoms with Crippen LogP contribution in [0.15, 0.2) is 160 Å². The van der Waals surface area contributed by atoms with E-state index in [1.165, 1.54) is 20.2 Å². The summed E-state index contributed by atoms with van der Waals surface area (Å²) in [5, 5.41) is 6.97. The Bertz CT molecular complexity index is 2650. The van der Waals surface area contributed by atoms with E-state index in [4.69, 9.17) is 8.83 Å². The van der Waals surface area contributed by atoms with Crippen LogP contribution in [0.4, 0.5) is 17.1 Å². The van der Waals surface area contributed by atoms with Gasteiger partial charge < -0.3 is 13.7 Å². The maximum Gasteiger partial charge on any atom is 0.137 e. The van der Waals surface area contributed by atoms with Gasteiger partial charge in [0.1, 0.15) is 22.3 Å². The Kier molecular flexibility index (Phi) is 5.45. The third kappa shape index (κ3) is 3.77. The van der Waals surface area contributed by atoms with E-state index >= 15 is 0 Å². The molecule has 0 saturated heterocycles. The zero-order chi connectivity index (χ0) is 30.2. The highest BCUT2D eigenvalue weighted by Gasteiger charge is 2.24. The summed E-state index contributed by atoms with van der Waals surface area (Å²) in [6, 6.07) is 53.6. The SMILES string of the molecule is c1ccc(-c2ccc3c(sc4ccccc43)c2N(c2ccc3c(c2)oc2ccccc23)c2ccc3c(c2)oc2ccccc23)cc1. The fourth-order valence-electron chi connectivity index (χ4n) is 6.96. The van der Waals surface area contributed by atoms with Crippen LogP contribution in [0.25, 0.3) is 75.2 Å². The molecular formula is C42H25NO2S. The van der Waals surface area contributed by atoms with Gasteiger partial charge >= 0.3 is 0 Å². The van der Waals surface area contributed by atoms with Crippen molar-refractivity contribution in [2.75, 3.05) is 4.90 Å². The number of hydrogen-bond acceptors (Lipinski definition) is 4. The van der Waals surface area contributed by atoms with Gasteiger partial charge in [-0.2, -0.15) is 0 Å². The van der Waals surface area contributed by atoms with Crippen LogP contribution in [0, 0.1) is 0 Å². The first-order chi connectivity index (χ1) is 22.8. The van der Waals surface area contributed by atoms with E-state index < -0.39 is 0 Å². The summed E-state index contributed by atoms with van der Waals surface area (Å²) < 4.78 is 15.4. The normalized spacial score (nSPS) is 11.9. The molecule has 0 aliphatic carbocycles. The second-order valence-electron chi connectivity index (χ2n) is 11.7. The number of thiophene rings is 1. The second-order valence-corrected chi connectivity index (χ2v) is 12.7. The topological polar surface area (TPSA) is 29.5 Å². The first kappa shape index (κ1) is 25.5. The lowest BCUT2D eigenvalue weighted by molar-refractivity contribution is 0.669. The summed E-state index contributed by atoms with van der Waals surface area (Å²) in [5.41, 5.74) is 8.99. The zero-order valence-corrected chi connectivity index (χ0v) is 25.4. The van der Waals surface area contributed by atoms with Crippen molar-refractivity contribution in [1.82, 2.24) is 0 Å². The maximum absolute atomic E-state index is 6.43. The predicted octanol–water partition coefficient (Wildman–Crippen LogP) is 13.0. The van der Waals surface area contributed by atoms with Crippen molar-refractivity contribution < 1.29 is 8.83 Å². The molecule has 216 valence electrons. The van der Waals surface area contributed by atoms with Gasteiger partial charge in [-0.3, -0.25) is 0 Å². The van der Waals surface area contributed by atoms with Gasteiger partial charge in [0.15, 0.2) is 0 Å². The van der Waals surface area contributed by atoms with Crippen molar-refractivity contribution in [1.29, 1.82) is 0 Å². The fraction of sp³-hybridized carbons (Fsp3) is 0. The second kappa shape index (κ2) is 9.83. The number of furan rings is 2. The summed E-state index contributed by atoms with van der Waals surface area (Å²) in [6.45, 7) is 0. The van der Waals surface area contributed by atoms with E-state index in [0.717, 1.165) is 72.1 Å². The number of para-hydroxylation sites is 2. The quantitative estimate of drug-likeness (QED) is 0.199. The highest BCUT2D eigenvalue weighted by molar-refractivity contribution is 7.26. The predicted molar refractivity (Wildman–Crippen MR) is 194 cm³/mol. The van der Waals surface area contributed by atoms with Crippen molar-refractivity contribution in [2.45, 2.75) is 0 Å². The molecule has 0 atom stereocenters. The lowest BCUT2D eigenvalue weighted by Gasteiger charge is -2.28. The molecule has 3 heterocycles. The largest absolute Gasteiger partial charge is 0.456 e. The minimum absolute atomic E-state index is 0.860. The number of rotatable bonds is 4. The monoisotopic (exact) mass is 607 g/mol. The molecule has 0 amide bonds. The Balaban J connectivity index is 1.32. The van der Waals surface area contributed by atoms with Crippen LogP contribution in [0.3, 0.4) is 0 Å². The highest BCUT2D eigenvalue weighted by Crippen LogP contribution is 2.50. The van der Waals surface area contributed by atoms with Crippen molar-refractivity contribution in [3.05, 3.63) is 152 Å². The molecule has 0 unspecified atom stereocenters. The molecule has 0 spiro atoms. The minimum atomic E-state index is 0.860. The van der Waals surface area contributed by atoms with Gasteiger partial charge in [0.25, 0.3) is 0 Å². The molecule has 4 heteroatoms. The number of anilines is 3. The molecule has 7 aromatic carbocycles. The molecule has 0 N–H and O–H groups in total. The Hall–Kier alpha value is -5.84. The molecule has 0 saturated carbocycles. The molecule has 10 rings (SSSR count). The molecule has 0 radical (unpaired) electrons. The Labute approximate surface area is 268 Å². The van der Waals surface area contributed by atoms with E-state index in [2.05, 4.69) is 132 Å². The van der Waals surface area contributed by atoms with Crippen LogP contribution in [0.5, 0.6) is 0 Å². The fourth-order valence-corrected chi connectivity index (χ4v) is 8.20. The maximum atomic E-state index is 6.43. The highest BCUT2D eigenvalue weighted by atomic mass is 32.1. The van der Waals surface area contributed by atoms with E-state index in [1.54, 1.807) is 0 Å². The third-order valence-corrected chi connectivity index (χ3v) is 10.3. The van der Waals surface area contributed by atoms with Crippen LogP contribution in [0.1, 0.15) is 0 Å². The molecule has 0 bridgehead atoms. The molecule has 3 aromatic heterocycles. The molecule has 0 aliphatic heterocycles. The summed E-state index contributed by atoms with van der Waals surface area (Å²) in [6.07, 6.45) is 0. The van der Waals surface area contributed by atoms with Crippen LogP contribution in [-0.4, -0.2) is 0 Å². The van der Waals surface area contributed by atoms with Gasteiger partial charge in [0.2, 0.25) is 0 Å². The summed E-state index contributed by atoms with van der Waals surface area (Å²) in [7, 11) is 0. The molecule has 0 fully saturated rings. The molecule has 0 aliphatic rings. The van der Waals surface area contributed by atoms with Crippen LogP contribution < -0.4 is 4.90 Å². The van der Waals surface area contributed by atoms with Crippen molar-refractivity contribution in [2.24, 2.45) is 0 Å². The lowest BCUT2D eigenvalue weighted by Crippen LogP contribution is -2.11. The van der Waals surface area contributed by atoms with E-state index in [-0.39, 0.29) is 0 Å². The van der Waals surface area contributed by atoms with Crippen molar-refractivity contribution >= 4 is 92.4 Å². The van der Waals surface area contributed by atoms with Crippen LogP contribution >= 0.6 is 11.3 Å². The standard InChI is InChI=1S/C42H25NO2S/c1-2-10-26(11-3-1)29-22-23-35-34-14-6-9-17-40(34)46-42(35)41(29)43(27-18-20-32-30-12-4-7-15-36(30)44-38(32)24-27)28-19-21-33-31-13-5-8-16-37(31)45-39(33)25-28/h1-25H. The summed E-state index contributed by atoms with van der Waals surface area (Å²) >= 11 is 1.84. The number of hydrogen-bond donors (Lipinski definition) is 0. The van der Waals surface area contributed by atoms with Gasteiger partial charge in [-0.05, 0) is 48.0 Å². The summed E-state index contributed by atoms with van der Waals surface area (Å²) in [5.74, 6) is 0. The van der Waals surface area contributed by atoms with Crippen LogP contribution in [-0.2, 0) is 0 Å². The summed E-state index contributed by atoms with van der Waals surface area (Å²) in [4.78, 5) is 2.39. The number of fused-ring (bicyclic) bond motifs is 9. The van der Waals surface area contributed by atoms with E-state index in [9.17, 15) is 0 Å². The van der Waals surface area contributed by atoms with Crippen LogP contribution in [0.2, 0.25) is 0 Å². The Morgan fingerprint density at radius 3 is 1.59 bits per heavy atom. The molecular weight excluding hydrogens is 583 g/mol.